The molecule has 1 heterocycles. The zero-order valence-electron chi connectivity index (χ0n) is 55.5. The molecular formula is C53H105N32O12P. The van der Waals surface area contributed by atoms with Crippen LogP contribution in [0.15, 0.2) is 36.2 Å². The second kappa shape index (κ2) is 47.1. The lowest BCUT2D eigenvalue weighted by molar-refractivity contribution is -0.136. The van der Waals surface area contributed by atoms with Gasteiger partial charge in [0.2, 0.25) is 53.2 Å². The standard InChI is InChI=1S/C53H105N32O12P/c1-29(39(86)76-32(12-3-4-18-54)47(94)82-38(41(88)68-2)27-30-28-85(84-83-30)25-26-98(95,96)97)75-42(89)33(13-6-20-70-49(58)59)78-44(91)35(15-8-22-72-51(62)63)80-46(93)37(17-10-24-74-53(66)67)81-45(92)36(16-9-23-73-52(64)65)79-43(90)34(14-7-21-71-50(60)61)77-40(87)31(55)11-5-19-69-48(56)57/h28-29,31-38H,3-27,54-55H2,1-2H3,(H,68,88)(H,75,89)(H,76,86)(H,77,87)(H,78,91)(H,79,90)(H,80,93)(H,81,92)(H,82,94)(H4,56,57,69)(H4,58,59,70)(H4,60,61,71)(H4,62,63,72)(H4,64,65,73)(H4,66,67,74)(H2,95,96,97)/t29-,31-,32-,33-,34-,35-,36-,37-,38-/m0/s1. The van der Waals surface area contributed by atoms with Crippen molar-refractivity contribution >= 4 is 96.5 Å². The number of guanidine groups is 6. The minimum Gasteiger partial charge on any atom is -0.370 e. The molecule has 0 aliphatic carbocycles. The van der Waals surface area contributed by atoms with Gasteiger partial charge in [-0.1, -0.05) is 5.21 Å². The molecule has 0 aromatic carbocycles. The van der Waals surface area contributed by atoms with Crippen LogP contribution in [0.25, 0.3) is 0 Å². The first-order chi connectivity index (χ1) is 46.2. The van der Waals surface area contributed by atoms with Crippen LogP contribution in [0.3, 0.4) is 0 Å². The molecule has 0 spiro atoms. The van der Waals surface area contributed by atoms with Crippen molar-refractivity contribution < 1.29 is 57.5 Å². The normalized spacial score (nSPS) is 13.7. The van der Waals surface area contributed by atoms with E-state index in [0.717, 1.165) is 4.68 Å². The van der Waals surface area contributed by atoms with Crippen molar-refractivity contribution in [3.63, 3.8) is 0 Å². The van der Waals surface area contributed by atoms with Gasteiger partial charge >= 0.3 is 7.60 Å². The zero-order chi connectivity index (χ0) is 73.9. The summed E-state index contributed by atoms with van der Waals surface area (Å²) in [5, 5.41) is 31.2. The first kappa shape index (κ1) is 86.1. The van der Waals surface area contributed by atoms with Crippen LogP contribution < -0.4 is 128 Å². The predicted molar refractivity (Wildman–Crippen MR) is 366 cm³/mol. The van der Waals surface area contributed by atoms with E-state index in [1.54, 1.807) is 0 Å². The molecule has 0 fully saturated rings. The molecule has 0 unspecified atom stereocenters. The number of nitrogens with one attached hydrogen (secondary N) is 9. The van der Waals surface area contributed by atoms with Crippen molar-refractivity contribution in [2.75, 3.05) is 59.0 Å². The summed E-state index contributed by atoms with van der Waals surface area (Å²) in [4.78, 5) is 169. The number of aliphatic imine (C=N–C) groups is 6. The van der Waals surface area contributed by atoms with Gasteiger partial charge in [0.25, 0.3) is 0 Å². The first-order valence-corrected chi connectivity index (χ1v) is 33.3. The minimum absolute atomic E-state index is 0.0134. The minimum atomic E-state index is -4.38. The van der Waals surface area contributed by atoms with Gasteiger partial charge in [0.15, 0.2) is 35.8 Å². The number of nitrogens with zero attached hydrogens (tertiary/aromatic N) is 9. The second-order valence-electron chi connectivity index (χ2n) is 22.4. The molecule has 0 radical (unpaired) electrons. The summed E-state index contributed by atoms with van der Waals surface area (Å²) in [6, 6.07) is -12.4. The maximum absolute atomic E-state index is 14.7. The summed E-state index contributed by atoms with van der Waals surface area (Å²) in [6.45, 7) is 1.39. The number of nitrogens with two attached hydrogens (primary N) is 14. The molecule has 0 aliphatic rings. The second-order valence-corrected chi connectivity index (χ2v) is 24.2. The van der Waals surface area contributed by atoms with Gasteiger partial charge in [-0.15, -0.1) is 5.10 Å². The summed E-state index contributed by atoms with van der Waals surface area (Å²) < 4.78 is 12.6. The van der Waals surface area contributed by atoms with Gasteiger partial charge in [0, 0.05) is 58.9 Å². The zero-order valence-corrected chi connectivity index (χ0v) is 56.4. The molecule has 1 aromatic rings. The van der Waals surface area contributed by atoms with E-state index >= 15 is 0 Å². The Balaban J connectivity index is 3.76. The van der Waals surface area contributed by atoms with Gasteiger partial charge in [-0.25, -0.2) is 0 Å². The third-order valence-corrected chi connectivity index (χ3v) is 14.8. The quantitative estimate of drug-likeness (QED) is 0.0125. The highest BCUT2D eigenvalue weighted by molar-refractivity contribution is 7.51. The summed E-state index contributed by atoms with van der Waals surface area (Å²) in [5.74, 6) is -9.20. The number of carbonyl (C=O) groups excluding carboxylic acids is 9. The molecule has 0 saturated carbocycles. The number of likely N-dealkylation sites (N-methyl/N-ethyl adjacent to an activating group) is 1. The lowest BCUT2D eigenvalue weighted by atomic mass is 10.0. The highest BCUT2D eigenvalue weighted by Gasteiger charge is 2.35. The number of unbranched alkanes of at least 4 members (excludes halogenated alkanes) is 1. The molecule has 0 aliphatic heterocycles. The van der Waals surface area contributed by atoms with Gasteiger partial charge in [0.05, 0.1) is 24.4 Å². The van der Waals surface area contributed by atoms with Gasteiger partial charge in [-0.05, 0) is 110 Å². The molecule has 9 amide bonds. The van der Waals surface area contributed by atoms with Crippen LogP contribution in [-0.4, -0.2) is 227 Å². The number of carbonyl (C=O) groups is 9. The first-order valence-electron chi connectivity index (χ1n) is 31.5. The van der Waals surface area contributed by atoms with E-state index in [9.17, 15) is 57.5 Å². The van der Waals surface area contributed by atoms with E-state index in [4.69, 9.17) is 80.3 Å². The van der Waals surface area contributed by atoms with E-state index in [0.29, 0.717) is 19.3 Å². The fourth-order valence-corrected chi connectivity index (χ4v) is 9.42. The van der Waals surface area contributed by atoms with Gasteiger partial charge < -0.3 is 138 Å². The molecule has 9 atom stereocenters. The largest absolute Gasteiger partial charge is 0.370 e. The van der Waals surface area contributed by atoms with Crippen molar-refractivity contribution in [1.29, 1.82) is 0 Å². The number of hydrogen-bond donors (Lipinski definition) is 25. The molecule has 45 heteroatoms. The molecular weight excluding hydrogens is 1310 g/mol. The van der Waals surface area contributed by atoms with Gasteiger partial charge in [-0.3, -0.25) is 82.4 Å². The monoisotopic (exact) mass is 1410 g/mol. The van der Waals surface area contributed by atoms with E-state index in [2.05, 4.69) is 88.1 Å². The van der Waals surface area contributed by atoms with Crippen LogP contribution in [0.4, 0.5) is 0 Å². The Bertz CT molecular complexity index is 2930. The number of aromatic nitrogens is 3. The maximum Gasteiger partial charge on any atom is 0.327 e. The van der Waals surface area contributed by atoms with Crippen molar-refractivity contribution in [3.05, 3.63) is 11.9 Å². The topological polar surface area (TPSA) is 789 Å². The molecule has 0 bridgehead atoms. The molecule has 44 nitrogen and oxygen atoms in total. The number of rotatable bonds is 50. The van der Waals surface area contributed by atoms with E-state index < -0.39 is 121 Å². The predicted octanol–water partition coefficient (Wildman–Crippen LogP) is -11.6. The average molecular weight is 1410 g/mol. The van der Waals surface area contributed by atoms with Gasteiger partial charge in [-0.2, -0.15) is 0 Å². The SMILES string of the molecule is CNC(=O)[C@H](Cc1cn(CCP(=O)(O)O)nn1)NC(=O)[C@H](CCCCN)NC(=O)[C@H](C)NC(=O)[C@H](CCCN=C(N)N)NC(=O)[C@H](CCCN=C(N)N)NC(=O)[C@H](CCCN=C(N)N)NC(=O)[C@H](CCCN=C(N)N)NC(=O)[C@H](CCCN=C(N)N)NC(=O)[C@@H](N)CCCN=C(N)N. The third kappa shape index (κ3) is 39.2. The number of hydrogen-bond acceptors (Lipinski definition) is 20. The van der Waals surface area contributed by atoms with Gasteiger partial charge in [0.1, 0.15) is 48.3 Å². The number of aryl methyl sites for hydroxylation is 1. The fourth-order valence-electron chi connectivity index (χ4n) is 8.96. The summed E-state index contributed by atoms with van der Waals surface area (Å²) in [5.41, 5.74) is 78.5. The maximum atomic E-state index is 14.7. The van der Waals surface area contributed by atoms with Crippen molar-refractivity contribution in [2.45, 2.75) is 171 Å². The lowest BCUT2D eigenvalue weighted by Crippen LogP contribution is -2.60. The van der Waals surface area contributed by atoms with Crippen LogP contribution in [0.1, 0.15) is 109 Å². The third-order valence-electron chi connectivity index (χ3n) is 14.0. The van der Waals surface area contributed by atoms with Crippen LogP contribution >= 0.6 is 7.60 Å². The highest BCUT2D eigenvalue weighted by atomic mass is 31.2. The molecule has 554 valence electrons. The summed E-state index contributed by atoms with van der Waals surface area (Å²) in [6.07, 6.45) is 1.40. The van der Waals surface area contributed by atoms with Crippen molar-refractivity contribution in [1.82, 2.24) is 62.8 Å². The van der Waals surface area contributed by atoms with Crippen LogP contribution in [-0.2, 0) is 60.7 Å². The number of amides is 9. The Kier molecular flexibility index (Phi) is 41.3. The fraction of sp³-hybridized carbons (Fsp3) is 0.679. The lowest BCUT2D eigenvalue weighted by Gasteiger charge is -2.28. The Morgan fingerprint density at radius 2 is 0.735 bits per heavy atom. The Labute approximate surface area is 566 Å². The van der Waals surface area contributed by atoms with E-state index in [1.165, 1.54) is 20.2 Å². The Morgan fingerprint density at radius 3 is 1.05 bits per heavy atom. The van der Waals surface area contributed by atoms with Crippen LogP contribution in [0, 0.1) is 0 Å². The Morgan fingerprint density at radius 1 is 0.439 bits per heavy atom. The summed E-state index contributed by atoms with van der Waals surface area (Å²) >= 11 is 0. The van der Waals surface area contributed by atoms with Crippen LogP contribution in [0.2, 0.25) is 0 Å². The molecule has 1 aromatic heterocycles. The van der Waals surface area contributed by atoms with Crippen molar-refractivity contribution in [2.24, 2.45) is 110 Å². The average Bonchev–Trinajstić information content (AvgIpc) is 1.37. The van der Waals surface area contributed by atoms with E-state index in [-0.39, 0.29) is 177 Å². The van der Waals surface area contributed by atoms with E-state index in [1.807, 2.05) is 0 Å². The molecule has 0 saturated heterocycles. The Hall–Kier alpha value is -9.94. The molecule has 39 N–H and O–H groups in total. The smallest absolute Gasteiger partial charge is 0.327 e. The molecule has 98 heavy (non-hydrogen) atoms. The summed E-state index contributed by atoms with van der Waals surface area (Å²) in [7, 11) is -3.06. The molecule has 1 rings (SSSR count). The van der Waals surface area contributed by atoms with Crippen molar-refractivity contribution in [3.8, 4) is 0 Å². The van der Waals surface area contributed by atoms with Crippen LogP contribution in [0.5, 0.6) is 0 Å². The highest BCUT2D eigenvalue weighted by Crippen LogP contribution is 2.33.